The van der Waals surface area contributed by atoms with Crippen LogP contribution in [0.3, 0.4) is 0 Å². The molecular weight excluding hydrogens is 390 g/mol. The fourth-order valence-corrected chi connectivity index (χ4v) is 4.09. The van der Waals surface area contributed by atoms with Crippen molar-refractivity contribution in [3.05, 3.63) is 73.4 Å². The normalized spacial score (nSPS) is 14.4. The number of imidazole rings is 1. The summed E-state index contributed by atoms with van der Waals surface area (Å²) in [6.45, 7) is 3.36. The standard InChI is InChI=1S/C23H21N7O/c1-2-20(15-21-17(1)16-26-27-21)30(23-22-24-7-9-29(22)10-8-25-23)19-5-3-18(4-6-19)28-11-13-31-14-12-28/h1-10,15-16H,11-14H2,(H,26,27). The molecule has 154 valence electrons. The van der Waals surface area contributed by atoms with Crippen LogP contribution in [0.4, 0.5) is 22.9 Å². The SMILES string of the molecule is c1cn2ccnc2c(N(c2ccc(N3CCOCC3)cc2)c2ccc3cn[nH]c3c2)n1. The summed E-state index contributed by atoms with van der Waals surface area (Å²) in [6.07, 6.45) is 9.25. The molecule has 1 aliphatic rings. The van der Waals surface area contributed by atoms with Gasteiger partial charge in [0.25, 0.3) is 0 Å². The lowest BCUT2D eigenvalue weighted by molar-refractivity contribution is 0.122. The number of H-pyrrole nitrogens is 1. The number of aromatic amines is 1. The largest absolute Gasteiger partial charge is 0.378 e. The lowest BCUT2D eigenvalue weighted by Gasteiger charge is -2.30. The van der Waals surface area contributed by atoms with Gasteiger partial charge in [0.2, 0.25) is 0 Å². The quantitative estimate of drug-likeness (QED) is 0.483. The highest BCUT2D eigenvalue weighted by atomic mass is 16.5. The maximum atomic E-state index is 5.49. The fourth-order valence-electron chi connectivity index (χ4n) is 4.09. The van der Waals surface area contributed by atoms with Crippen LogP contribution in [-0.2, 0) is 4.74 Å². The van der Waals surface area contributed by atoms with Crippen LogP contribution >= 0.6 is 0 Å². The van der Waals surface area contributed by atoms with Gasteiger partial charge >= 0.3 is 0 Å². The van der Waals surface area contributed by atoms with Gasteiger partial charge in [-0.1, -0.05) is 0 Å². The Balaban J connectivity index is 1.47. The summed E-state index contributed by atoms with van der Waals surface area (Å²) in [5.41, 5.74) is 4.97. The molecule has 31 heavy (non-hydrogen) atoms. The number of aromatic nitrogens is 5. The molecule has 0 atom stereocenters. The van der Waals surface area contributed by atoms with Crippen molar-refractivity contribution in [3.8, 4) is 0 Å². The fraction of sp³-hybridized carbons (Fsp3) is 0.174. The summed E-state index contributed by atoms with van der Waals surface area (Å²) >= 11 is 0. The molecule has 5 aromatic rings. The molecule has 3 aromatic heterocycles. The smallest absolute Gasteiger partial charge is 0.181 e. The van der Waals surface area contributed by atoms with E-state index in [0.717, 1.165) is 60.0 Å². The van der Waals surface area contributed by atoms with Crippen LogP contribution in [0, 0.1) is 0 Å². The molecule has 1 saturated heterocycles. The number of nitrogens with one attached hydrogen (secondary N) is 1. The Labute approximate surface area is 178 Å². The first-order valence-corrected chi connectivity index (χ1v) is 10.3. The van der Waals surface area contributed by atoms with E-state index in [9.17, 15) is 0 Å². The number of hydrogen-bond acceptors (Lipinski definition) is 6. The van der Waals surface area contributed by atoms with Gasteiger partial charge in [-0.15, -0.1) is 0 Å². The number of benzene rings is 2. The summed E-state index contributed by atoms with van der Waals surface area (Å²) in [4.78, 5) is 13.7. The number of hydrogen-bond donors (Lipinski definition) is 1. The predicted octanol–water partition coefficient (Wildman–Crippen LogP) is 3.91. The van der Waals surface area contributed by atoms with Crippen molar-refractivity contribution >= 4 is 39.4 Å². The van der Waals surface area contributed by atoms with Crippen LogP contribution in [0.1, 0.15) is 0 Å². The minimum atomic E-state index is 0.768. The Kier molecular flexibility index (Phi) is 4.28. The molecule has 6 rings (SSSR count). The number of morpholine rings is 1. The highest BCUT2D eigenvalue weighted by Crippen LogP contribution is 2.37. The molecule has 1 fully saturated rings. The zero-order valence-corrected chi connectivity index (χ0v) is 16.8. The van der Waals surface area contributed by atoms with Gasteiger partial charge in [-0.2, -0.15) is 5.10 Å². The Bertz CT molecular complexity index is 1340. The van der Waals surface area contributed by atoms with Crippen molar-refractivity contribution in [1.82, 2.24) is 24.6 Å². The maximum absolute atomic E-state index is 5.49. The van der Waals surface area contributed by atoms with E-state index in [0.29, 0.717) is 0 Å². The van der Waals surface area contributed by atoms with Crippen molar-refractivity contribution in [2.75, 3.05) is 36.1 Å². The second kappa shape index (κ2) is 7.41. The van der Waals surface area contributed by atoms with E-state index in [-0.39, 0.29) is 0 Å². The molecular formula is C23H21N7O. The molecule has 0 bridgehead atoms. The molecule has 8 heteroatoms. The number of nitrogens with zero attached hydrogens (tertiary/aromatic N) is 6. The molecule has 1 aliphatic heterocycles. The van der Waals surface area contributed by atoms with E-state index in [1.807, 2.05) is 23.0 Å². The first-order valence-electron chi connectivity index (χ1n) is 10.3. The van der Waals surface area contributed by atoms with Gasteiger partial charge in [-0.25, -0.2) is 9.97 Å². The maximum Gasteiger partial charge on any atom is 0.181 e. The van der Waals surface area contributed by atoms with E-state index in [1.54, 1.807) is 12.4 Å². The van der Waals surface area contributed by atoms with E-state index in [1.165, 1.54) is 5.69 Å². The first-order chi connectivity index (χ1) is 15.4. The van der Waals surface area contributed by atoms with E-state index >= 15 is 0 Å². The average molecular weight is 411 g/mol. The number of rotatable bonds is 4. The molecule has 0 spiro atoms. The van der Waals surface area contributed by atoms with E-state index < -0.39 is 0 Å². The predicted molar refractivity (Wildman–Crippen MR) is 120 cm³/mol. The molecule has 0 unspecified atom stereocenters. The van der Waals surface area contributed by atoms with Crippen LogP contribution in [0.25, 0.3) is 16.6 Å². The molecule has 8 nitrogen and oxygen atoms in total. The Morgan fingerprint density at radius 1 is 0.903 bits per heavy atom. The summed E-state index contributed by atoms with van der Waals surface area (Å²) in [7, 11) is 0. The van der Waals surface area contributed by atoms with Gasteiger partial charge in [0.1, 0.15) is 0 Å². The van der Waals surface area contributed by atoms with Gasteiger partial charge in [-0.3, -0.25) is 10.00 Å². The average Bonchev–Trinajstić information content (AvgIpc) is 3.50. The van der Waals surface area contributed by atoms with Gasteiger partial charge in [0.15, 0.2) is 11.5 Å². The van der Waals surface area contributed by atoms with Crippen LogP contribution < -0.4 is 9.80 Å². The number of fused-ring (bicyclic) bond motifs is 2. The zero-order chi connectivity index (χ0) is 20.6. The Morgan fingerprint density at radius 2 is 1.68 bits per heavy atom. The van der Waals surface area contributed by atoms with E-state index in [2.05, 4.69) is 67.4 Å². The third-order valence-corrected chi connectivity index (χ3v) is 5.67. The molecule has 0 aliphatic carbocycles. The summed E-state index contributed by atoms with van der Waals surface area (Å²) < 4.78 is 7.46. The van der Waals surface area contributed by atoms with Crippen LogP contribution in [0.2, 0.25) is 0 Å². The topological polar surface area (TPSA) is 74.6 Å². The summed E-state index contributed by atoms with van der Waals surface area (Å²) in [6, 6.07) is 14.8. The van der Waals surface area contributed by atoms with Crippen LogP contribution in [0.5, 0.6) is 0 Å². The second-order valence-corrected chi connectivity index (χ2v) is 7.50. The third-order valence-electron chi connectivity index (χ3n) is 5.67. The lowest BCUT2D eigenvalue weighted by atomic mass is 10.2. The second-order valence-electron chi connectivity index (χ2n) is 7.50. The highest BCUT2D eigenvalue weighted by Gasteiger charge is 2.19. The number of ether oxygens (including phenoxy) is 1. The Morgan fingerprint density at radius 3 is 2.52 bits per heavy atom. The van der Waals surface area contributed by atoms with Crippen molar-refractivity contribution in [3.63, 3.8) is 0 Å². The highest BCUT2D eigenvalue weighted by molar-refractivity contribution is 5.88. The van der Waals surface area contributed by atoms with E-state index in [4.69, 9.17) is 9.72 Å². The van der Waals surface area contributed by atoms with Crippen LogP contribution in [-0.4, -0.2) is 50.9 Å². The lowest BCUT2D eigenvalue weighted by Crippen LogP contribution is -2.36. The van der Waals surface area contributed by atoms with Crippen molar-refractivity contribution in [2.45, 2.75) is 0 Å². The molecule has 0 amide bonds. The Hall–Kier alpha value is -3.91. The minimum Gasteiger partial charge on any atom is -0.378 e. The van der Waals surface area contributed by atoms with Crippen molar-refractivity contribution in [1.29, 1.82) is 0 Å². The molecule has 2 aromatic carbocycles. The van der Waals surface area contributed by atoms with Gasteiger partial charge in [0.05, 0.1) is 24.9 Å². The van der Waals surface area contributed by atoms with Gasteiger partial charge in [-0.05, 0) is 42.5 Å². The molecule has 1 N–H and O–H groups in total. The van der Waals surface area contributed by atoms with Gasteiger partial charge in [0, 0.05) is 60.3 Å². The van der Waals surface area contributed by atoms with Gasteiger partial charge < -0.3 is 14.0 Å². The van der Waals surface area contributed by atoms with Crippen molar-refractivity contribution < 1.29 is 4.74 Å². The summed E-state index contributed by atoms with van der Waals surface area (Å²) in [5, 5.41) is 8.29. The van der Waals surface area contributed by atoms with Crippen LogP contribution in [0.15, 0.2) is 73.4 Å². The van der Waals surface area contributed by atoms with Crippen molar-refractivity contribution in [2.24, 2.45) is 0 Å². The molecule has 0 saturated carbocycles. The molecule has 0 radical (unpaired) electrons. The first kappa shape index (κ1) is 17.9. The summed E-state index contributed by atoms with van der Waals surface area (Å²) in [5.74, 6) is 0.769. The number of anilines is 4. The molecule has 4 heterocycles. The minimum absolute atomic E-state index is 0.768. The monoisotopic (exact) mass is 411 g/mol. The zero-order valence-electron chi connectivity index (χ0n) is 16.8. The third kappa shape index (κ3) is 3.17.